The number of nitrogens with zero attached hydrogens (tertiary/aromatic N) is 7. The number of anilines is 1. The zero-order chi connectivity index (χ0) is 26.4. The van der Waals surface area contributed by atoms with E-state index >= 15 is 0 Å². The van der Waals surface area contributed by atoms with Crippen molar-refractivity contribution in [3.8, 4) is 11.4 Å². The topological polar surface area (TPSA) is 110 Å². The number of piperazine rings is 1. The van der Waals surface area contributed by atoms with Crippen molar-refractivity contribution >= 4 is 34.1 Å². The van der Waals surface area contributed by atoms with Gasteiger partial charge in [0, 0.05) is 43.7 Å². The Labute approximate surface area is 213 Å². The van der Waals surface area contributed by atoms with Gasteiger partial charge < -0.3 is 9.80 Å². The number of hydrogen-bond donors (Lipinski definition) is 0. The largest absolute Gasteiger partial charge is 0.338 e. The van der Waals surface area contributed by atoms with Crippen molar-refractivity contribution in [3.63, 3.8) is 0 Å². The second-order valence-corrected chi connectivity index (χ2v) is 8.79. The summed E-state index contributed by atoms with van der Waals surface area (Å²) >= 11 is 0. The van der Waals surface area contributed by atoms with Gasteiger partial charge in [0.05, 0.1) is 21.6 Å². The average Bonchev–Trinajstić information content (AvgIpc) is 3.38. The molecule has 0 atom stereocenters. The van der Waals surface area contributed by atoms with Crippen molar-refractivity contribution in [2.45, 2.75) is 0 Å². The van der Waals surface area contributed by atoms with Gasteiger partial charge in [0.1, 0.15) is 11.6 Å². The molecular weight excluding hydrogens is 496 g/mol. The normalized spacial score (nSPS) is 13.8. The molecule has 12 heteroatoms. The summed E-state index contributed by atoms with van der Waals surface area (Å²) < 4.78 is 29.2. The number of fused-ring (bicyclic) bond motifs is 3. The number of amides is 1. The lowest BCUT2D eigenvalue weighted by molar-refractivity contribution is -0.384. The molecule has 38 heavy (non-hydrogen) atoms. The molecule has 10 nitrogen and oxygen atoms in total. The lowest BCUT2D eigenvalue weighted by atomic mass is 10.1. The van der Waals surface area contributed by atoms with E-state index in [1.165, 1.54) is 11.0 Å². The van der Waals surface area contributed by atoms with Crippen LogP contribution in [0.1, 0.15) is 10.4 Å². The zero-order valence-corrected chi connectivity index (χ0v) is 19.8. The van der Waals surface area contributed by atoms with Crippen molar-refractivity contribution < 1.29 is 18.5 Å². The summed E-state index contributed by atoms with van der Waals surface area (Å²) in [5.41, 5.74) is 1.15. The SMILES string of the molecule is O=C(c1ccc(F)cc1F)N1CCN(c2nc3ccccc3c3nnc(-c4ccccc4[N+](=O)[O-])n23)CC1. The Bertz CT molecular complexity index is 1730. The van der Waals surface area contributed by atoms with Gasteiger partial charge in [0.15, 0.2) is 11.5 Å². The zero-order valence-electron chi connectivity index (χ0n) is 19.8. The van der Waals surface area contributed by atoms with Crippen molar-refractivity contribution in [1.29, 1.82) is 0 Å². The summed E-state index contributed by atoms with van der Waals surface area (Å²) in [6, 6.07) is 16.6. The lowest BCUT2D eigenvalue weighted by Crippen LogP contribution is -2.49. The first kappa shape index (κ1) is 23.4. The molecule has 0 radical (unpaired) electrons. The third-order valence-electron chi connectivity index (χ3n) is 6.58. The van der Waals surface area contributed by atoms with Gasteiger partial charge in [-0.2, -0.15) is 0 Å². The number of nitro benzene ring substituents is 1. The Morgan fingerprint density at radius 3 is 2.42 bits per heavy atom. The number of aromatic nitrogens is 4. The summed E-state index contributed by atoms with van der Waals surface area (Å²) in [5, 5.41) is 21.2. The molecule has 0 bridgehead atoms. The molecule has 3 aromatic carbocycles. The third-order valence-corrected chi connectivity index (χ3v) is 6.58. The highest BCUT2D eigenvalue weighted by molar-refractivity contribution is 5.95. The average molecular weight is 515 g/mol. The van der Waals surface area contributed by atoms with E-state index in [4.69, 9.17) is 4.98 Å². The second kappa shape index (κ2) is 9.14. The van der Waals surface area contributed by atoms with E-state index in [0.717, 1.165) is 17.5 Å². The van der Waals surface area contributed by atoms with E-state index < -0.39 is 22.5 Å². The molecule has 6 rings (SSSR count). The van der Waals surface area contributed by atoms with Crippen LogP contribution in [0.4, 0.5) is 20.4 Å². The van der Waals surface area contributed by atoms with Crippen LogP contribution < -0.4 is 4.90 Å². The standard InChI is InChI=1S/C26H19F2N7O3/c27-16-9-10-17(20(28)15-16)25(36)32-11-13-33(14-12-32)26-29-21-7-3-1-5-18(21)23-30-31-24(34(23)26)19-6-2-4-8-22(19)35(37)38/h1-10,15H,11-14H2. The molecule has 2 aromatic heterocycles. The first-order valence-electron chi connectivity index (χ1n) is 11.8. The molecule has 190 valence electrons. The summed E-state index contributed by atoms with van der Waals surface area (Å²) in [5.74, 6) is -1.44. The highest BCUT2D eigenvalue weighted by atomic mass is 19.1. The second-order valence-electron chi connectivity index (χ2n) is 8.79. The maximum absolute atomic E-state index is 14.2. The monoisotopic (exact) mass is 515 g/mol. The van der Waals surface area contributed by atoms with Gasteiger partial charge >= 0.3 is 0 Å². The Kier molecular flexibility index (Phi) is 5.63. The molecule has 5 aromatic rings. The molecule has 0 saturated carbocycles. The first-order valence-corrected chi connectivity index (χ1v) is 11.8. The fourth-order valence-corrected chi connectivity index (χ4v) is 4.72. The molecule has 1 aliphatic heterocycles. The van der Waals surface area contributed by atoms with Gasteiger partial charge in [-0.15, -0.1) is 10.2 Å². The maximum atomic E-state index is 14.2. The summed E-state index contributed by atoms with van der Waals surface area (Å²) in [4.78, 5) is 32.5. The minimum atomic E-state index is -0.908. The Morgan fingerprint density at radius 2 is 1.66 bits per heavy atom. The molecule has 0 aliphatic carbocycles. The molecule has 0 N–H and O–H groups in total. The number of rotatable bonds is 4. The minimum absolute atomic E-state index is 0.113. The van der Waals surface area contributed by atoms with Crippen LogP contribution in [0.15, 0.2) is 66.7 Å². The van der Waals surface area contributed by atoms with Gasteiger partial charge in [-0.3, -0.25) is 14.9 Å². The molecule has 1 fully saturated rings. The fourth-order valence-electron chi connectivity index (χ4n) is 4.72. The summed E-state index contributed by atoms with van der Waals surface area (Å²) in [7, 11) is 0. The fraction of sp³-hybridized carbons (Fsp3) is 0.154. The summed E-state index contributed by atoms with van der Waals surface area (Å²) in [6.45, 7) is 1.22. The number of hydrogen-bond acceptors (Lipinski definition) is 7. The van der Waals surface area contributed by atoms with Gasteiger partial charge in [0.2, 0.25) is 5.95 Å². The van der Waals surface area contributed by atoms with Crippen LogP contribution in [0.2, 0.25) is 0 Å². The van der Waals surface area contributed by atoms with Crippen LogP contribution in [0, 0.1) is 21.7 Å². The highest BCUT2D eigenvalue weighted by Gasteiger charge is 2.29. The number of para-hydroxylation sites is 2. The Balaban J connectivity index is 1.40. The van der Waals surface area contributed by atoms with Crippen molar-refractivity contribution in [1.82, 2.24) is 24.5 Å². The van der Waals surface area contributed by atoms with E-state index in [9.17, 15) is 23.7 Å². The quantitative estimate of drug-likeness (QED) is 0.262. The van der Waals surface area contributed by atoms with Crippen LogP contribution in [0.3, 0.4) is 0 Å². The predicted molar refractivity (Wildman–Crippen MR) is 135 cm³/mol. The molecule has 1 aliphatic rings. The van der Waals surface area contributed by atoms with E-state index in [2.05, 4.69) is 10.2 Å². The number of benzene rings is 3. The van der Waals surface area contributed by atoms with Crippen LogP contribution in [-0.2, 0) is 0 Å². The Hall–Kier alpha value is -5.00. The van der Waals surface area contributed by atoms with Crippen LogP contribution in [0.5, 0.6) is 0 Å². The number of halogens is 2. The smallest absolute Gasteiger partial charge is 0.280 e. The van der Waals surface area contributed by atoms with Crippen LogP contribution in [0.25, 0.3) is 27.9 Å². The molecule has 1 amide bonds. The van der Waals surface area contributed by atoms with Gasteiger partial charge in [-0.25, -0.2) is 18.2 Å². The maximum Gasteiger partial charge on any atom is 0.280 e. The van der Waals surface area contributed by atoms with E-state index in [1.807, 2.05) is 29.2 Å². The van der Waals surface area contributed by atoms with Gasteiger partial charge in [0.25, 0.3) is 11.6 Å². The number of nitro groups is 1. The van der Waals surface area contributed by atoms with Crippen molar-refractivity contribution in [3.05, 3.63) is 94.0 Å². The van der Waals surface area contributed by atoms with Crippen molar-refractivity contribution in [2.75, 3.05) is 31.1 Å². The molecule has 3 heterocycles. The minimum Gasteiger partial charge on any atom is -0.338 e. The van der Waals surface area contributed by atoms with E-state index in [0.29, 0.717) is 41.8 Å². The predicted octanol–water partition coefficient (Wildman–Crippen LogP) is 4.09. The Morgan fingerprint density at radius 1 is 0.921 bits per heavy atom. The molecule has 0 spiro atoms. The highest BCUT2D eigenvalue weighted by Crippen LogP contribution is 2.33. The first-order chi connectivity index (χ1) is 18.4. The molecular formula is C26H19F2N7O3. The van der Waals surface area contributed by atoms with Crippen LogP contribution in [-0.4, -0.2) is 61.5 Å². The van der Waals surface area contributed by atoms with Gasteiger partial charge in [-0.05, 0) is 30.3 Å². The third kappa shape index (κ3) is 3.86. The van der Waals surface area contributed by atoms with E-state index in [-0.39, 0.29) is 30.2 Å². The van der Waals surface area contributed by atoms with Crippen molar-refractivity contribution in [2.24, 2.45) is 0 Å². The molecule has 0 unspecified atom stereocenters. The number of carbonyl (C=O) groups excluding carboxylic acids is 1. The lowest BCUT2D eigenvalue weighted by Gasteiger charge is -2.35. The number of carbonyl (C=O) groups is 1. The molecule has 1 saturated heterocycles. The van der Waals surface area contributed by atoms with E-state index in [1.54, 1.807) is 22.6 Å². The van der Waals surface area contributed by atoms with Gasteiger partial charge in [-0.1, -0.05) is 24.3 Å². The van der Waals surface area contributed by atoms with Crippen LogP contribution >= 0.6 is 0 Å². The summed E-state index contributed by atoms with van der Waals surface area (Å²) in [6.07, 6.45) is 0.